The van der Waals surface area contributed by atoms with Crippen molar-refractivity contribution in [3.8, 4) is 0 Å². The molecule has 1 saturated carbocycles. The molecule has 1 unspecified atom stereocenters. The molecule has 2 aliphatic rings. The maximum absolute atomic E-state index is 12.5. The van der Waals surface area contributed by atoms with Crippen molar-refractivity contribution in [2.24, 2.45) is 11.7 Å². The van der Waals surface area contributed by atoms with Crippen molar-refractivity contribution in [3.05, 3.63) is 0 Å². The molecule has 0 aromatic carbocycles. The molecular formula is C13H27N3O3S. The Morgan fingerprint density at radius 2 is 2.05 bits per heavy atom. The van der Waals surface area contributed by atoms with E-state index in [9.17, 15) is 8.42 Å². The predicted octanol–water partition coefficient (Wildman–Crippen LogP) is 0.403. The largest absolute Gasteiger partial charge is 0.380 e. The maximum atomic E-state index is 12.5. The highest BCUT2D eigenvalue weighted by atomic mass is 32.2. The van der Waals surface area contributed by atoms with E-state index in [0.29, 0.717) is 32.2 Å². The fourth-order valence-electron chi connectivity index (χ4n) is 2.54. The number of hydrogen-bond donors (Lipinski definition) is 1. The minimum Gasteiger partial charge on any atom is -0.380 e. The first-order chi connectivity index (χ1) is 9.55. The molecule has 0 aromatic rings. The van der Waals surface area contributed by atoms with Crippen molar-refractivity contribution in [1.82, 2.24) is 8.61 Å². The molecule has 0 radical (unpaired) electrons. The smallest absolute Gasteiger partial charge is 0.282 e. The highest BCUT2D eigenvalue weighted by Gasteiger charge is 2.34. The van der Waals surface area contributed by atoms with Crippen LogP contribution in [0.5, 0.6) is 0 Å². The summed E-state index contributed by atoms with van der Waals surface area (Å²) in [6.45, 7) is 2.61. The molecule has 0 amide bonds. The first kappa shape index (κ1) is 16.2. The molecule has 2 N–H and O–H groups in total. The SMILES string of the molecule is CN(CCOCC1CC1)S(=O)(=O)N1CCCCC1CN. The van der Waals surface area contributed by atoms with Crippen molar-refractivity contribution in [1.29, 1.82) is 0 Å². The van der Waals surface area contributed by atoms with Gasteiger partial charge in [0.1, 0.15) is 0 Å². The molecule has 0 aromatic heterocycles. The Hall–Kier alpha value is -0.210. The van der Waals surface area contributed by atoms with Crippen LogP contribution in [0.4, 0.5) is 0 Å². The quantitative estimate of drug-likeness (QED) is 0.659. The lowest BCUT2D eigenvalue weighted by Crippen LogP contribution is -2.52. The van der Waals surface area contributed by atoms with Crippen LogP contribution in [0.15, 0.2) is 0 Å². The van der Waals surface area contributed by atoms with E-state index >= 15 is 0 Å². The molecule has 1 aliphatic carbocycles. The molecule has 118 valence electrons. The third kappa shape index (κ3) is 4.14. The minimum absolute atomic E-state index is 0.0522. The predicted molar refractivity (Wildman–Crippen MR) is 78.5 cm³/mol. The third-order valence-electron chi connectivity index (χ3n) is 4.14. The normalized spacial score (nSPS) is 25.2. The van der Waals surface area contributed by atoms with Crippen LogP contribution in [-0.4, -0.2) is 63.0 Å². The van der Waals surface area contributed by atoms with Crippen molar-refractivity contribution < 1.29 is 13.2 Å². The van der Waals surface area contributed by atoms with E-state index in [2.05, 4.69) is 0 Å². The number of hydrogen-bond acceptors (Lipinski definition) is 4. The monoisotopic (exact) mass is 305 g/mol. The Kier molecular flexibility index (Phi) is 5.80. The van der Waals surface area contributed by atoms with Crippen molar-refractivity contribution >= 4 is 10.2 Å². The Labute approximate surface area is 122 Å². The lowest BCUT2D eigenvalue weighted by atomic mass is 10.1. The van der Waals surface area contributed by atoms with Gasteiger partial charge in [-0.1, -0.05) is 6.42 Å². The summed E-state index contributed by atoms with van der Waals surface area (Å²) in [6.07, 6.45) is 5.34. The maximum Gasteiger partial charge on any atom is 0.282 e. The molecule has 1 atom stereocenters. The van der Waals surface area contributed by atoms with Gasteiger partial charge in [-0.05, 0) is 31.6 Å². The highest BCUT2D eigenvalue weighted by Crippen LogP contribution is 2.28. The summed E-state index contributed by atoms with van der Waals surface area (Å²) in [5.74, 6) is 0.709. The Balaban J connectivity index is 1.82. The van der Waals surface area contributed by atoms with E-state index < -0.39 is 10.2 Å². The van der Waals surface area contributed by atoms with Crippen LogP contribution in [0, 0.1) is 5.92 Å². The van der Waals surface area contributed by atoms with Crippen LogP contribution in [0.2, 0.25) is 0 Å². The Bertz CT molecular complexity index is 398. The van der Waals surface area contributed by atoms with Gasteiger partial charge in [-0.15, -0.1) is 0 Å². The zero-order valence-corrected chi connectivity index (χ0v) is 13.1. The standard InChI is InChI=1S/C13H27N3O3S/c1-15(8-9-19-11-12-5-6-12)20(17,18)16-7-3-2-4-13(16)10-14/h12-13H,2-11,14H2,1H3. The molecule has 7 heteroatoms. The Morgan fingerprint density at radius 3 is 2.70 bits per heavy atom. The van der Waals surface area contributed by atoms with Gasteiger partial charge >= 0.3 is 0 Å². The number of likely N-dealkylation sites (N-methyl/N-ethyl adjacent to an activating group) is 1. The second-order valence-electron chi connectivity index (χ2n) is 5.84. The highest BCUT2D eigenvalue weighted by molar-refractivity contribution is 7.86. The molecule has 1 aliphatic heterocycles. The second kappa shape index (κ2) is 7.17. The topological polar surface area (TPSA) is 75.9 Å². The summed E-state index contributed by atoms with van der Waals surface area (Å²) >= 11 is 0. The molecule has 20 heavy (non-hydrogen) atoms. The number of nitrogens with zero attached hydrogens (tertiary/aromatic N) is 2. The van der Waals surface area contributed by atoms with Crippen LogP contribution < -0.4 is 5.73 Å². The van der Waals surface area contributed by atoms with Gasteiger partial charge in [-0.2, -0.15) is 17.0 Å². The van der Waals surface area contributed by atoms with Crippen LogP contribution >= 0.6 is 0 Å². The van der Waals surface area contributed by atoms with Crippen molar-refractivity contribution in [2.75, 3.05) is 39.9 Å². The molecule has 2 rings (SSSR count). The lowest BCUT2D eigenvalue weighted by Gasteiger charge is -2.36. The second-order valence-corrected chi connectivity index (χ2v) is 7.83. The van der Waals surface area contributed by atoms with Gasteiger partial charge in [-0.25, -0.2) is 0 Å². The molecule has 1 saturated heterocycles. The van der Waals surface area contributed by atoms with Crippen LogP contribution in [0.25, 0.3) is 0 Å². The van der Waals surface area contributed by atoms with Crippen molar-refractivity contribution in [2.45, 2.75) is 38.1 Å². The van der Waals surface area contributed by atoms with Gasteiger partial charge in [0.25, 0.3) is 10.2 Å². The first-order valence-corrected chi connectivity index (χ1v) is 8.96. The van der Waals surface area contributed by atoms with Gasteiger partial charge in [0.05, 0.1) is 6.61 Å². The van der Waals surface area contributed by atoms with Gasteiger partial charge < -0.3 is 10.5 Å². The van der Waals surface area contributed by atoms with Gasteiger partial charge in [-0.3, -0.25) is 0 Å². The van der Waals surface area contributed by atoms with Gasteiger partial charge in [0.2, 0.25) is 0 Å². The third-order valence-corrected chi connectivity index (χ3v) is 6.18. The first-order valence-electron chi connectivity index (χ1n) is 7.56. The lowest BCUT2D eigenvalue weighted by molar-refractivity contribution is 0.115. The number of ether oxygens (including phenoxy) is 1. The summed E-state index contributed by atoms with van der Waals surface area (Å²) in [5.41, 5.74) is 5.70. The van der Waals surface area contributed by atoms with Crippen LogP contribution in [0.3, 0.4) is 0 Å². The van der Waals surface area contributed by atoms with Crippen molar-refractivity contribution in [3.63, 3.8) is 0 Å². The minimum atomic E-state index is -3.40. The summed E-state index contributed by atoms with van der Waals surface area (Å²) in [4.78, 5) is 0. The number of nitrogens with two attached hydrogens (primary N) is 1. The van der Waals surface area contributed by atoms with E-state index in [1.54, 1.807) is 11.4 Å². The summed E-state index contributed by atoms with van der Waals surface area (Å²) in [7, 11) is -1.78. The van der Waals surface area contributed by atoms with Gasteiger partial charge in [0.15, 0.2) is 0 Å². The summed E-state index contributed by atoms with van der Waals surface area (Å²) < 4.78 is 33.6. The summed E-state index contributed by atoms with van der Waals surface area (Å²) in [5, 5.41) is 0. The average molecular weight is 305 g/mol. The van der Waals surface area contributed by atoms with Crippen LogP contribution in [-0.2, 0) is 14.9 Å². The average Bonchev–Trinajstić information content (AvgIpc) is 3.27. The fourth-order valence-corrected chi connectivity index (χ4v) is 4.13. The van der Waals surface area contributed by atoms with Crippen LogP contribution in [0.1, 0.15) is 32.1 Å². The summed E-state index contributed by atoms with van der Waals surface area (Å²) in [6, 6.07) is -0.0522. The fraction of sp³-hybridized carbons (Fsp3) is 1.00. The zero-order valence-electron chi connectivity index (χ0n) is 12.3. The van der Waals surface area contributed by atoms with E-state index in [1.807, 2.05) is 0 Å². The van der Waals surface area contributed by atoms with E-state index in [-0.39, 0.29) is 6.04 Å². The van der Waals surface area contributed by atoms with E-state index in [1.165, 1.54) is 17.1 Å². The number of rotatable bonds is 8. The molecule has 2 fully saturated rings. The Morgan fingerprint density at radius 1 is 1.30 bits per heavy atom. The van der Waals surface area contributed by atoms with E-state index in [0.717, 1.165) is 25.9 Å². The molecule has 1 heterocycles. The number of piperidine rings is 1. The van der Waals surface area contributed by atoms with E-state index in [4.69, 9.17) is 10.5 Å². The molecule has 6 nitrogen and oxygen atoms in total. The molecular weight excluding hydrogens is 278 g/mol. The zero-order chi connectivity index (χ0) is 14.6. The van der Waals surface area contributed by atoms with Gasteiger partial charge in [0, 0.05) is 39.3 Å². The molecule has 0 spiro atoms. The molecule has 0 bridgehead atoms.